The third-order valence-electron chi connectivity index (χ3n) is 5.76. The third-order valence-corrected chi connectivity index (χ3v) is 5.76. The molecule has 34 heavy (non-hydrogen) atoms. The molecule has 0 aliphatic carbocycles. The maximum Gasteiger partial charge on any atom is 0.796 e. The van der Waals surface area contributed by atoms with Crippen LogP contribution in [-0.4, -0.2) is 26.2 Å². The van der Waals surface area contributed by atoms with Crippen LogP contribution in [0.1, 0.15) is 71.1 Å². The van der Waals surface area contributed by atoms with Gasteiger partial charge in [-0.3, -0.25) is 0 Å². The van der Waals surface area contributed by atoms with Crippen molar-refractivity contribution in [3.8, 4) is 28.7 Å². The van der Waals surface area contributed by atoms with Crippen LogP contribution >= 0.6 is 0 Å². The molecule has 0 bridgehead atoms. The number of hydrogen-bond donors (Lipinski definition) is 0. The summed E-state index contributed by atoms with van der Waals surface area (Å²) in [7, 11) is -1.41. The van der Waals surface area contributed by atoms with Crippen molar-refractivity contribution in [3.05, 3.63) is 36.4 Å². The SMILES string of the molecule is CCCCCCCCCCCCOc1ccc(-c2nc3ccc(OC)cc3o2)c(OB(F)F)c1. The van der Waals surface area contributed by atoms with Gasteiger partial charge in [0, 0.05) is 12.1 Å². The summed E-state index contributed by atoms with van der Waals surface area (Å²) < 4.78 is 47.6. The second-order valence-corrected chi connectivity index (χ2v) is 8.42. The highest BCUT2D eigenvalue weighted by atomic mass is 19.2. The first-order valence-electron chi connectivity index (χ1n) is 12.3. The van der Waals surface area contributed by atoms with Gasteiger partial charge in [0.25, 0.3) is 0 Å². The first-order chi connectivity index (χ1) is 16.6. The monoisotopic (exact) mass is 473 g/mol. The van der Waals surface area contributed by atoms with Gasteiger partial charge in [0.2, 0.25) is 5.89 Å². The number of benzene rings is 2. The second-order valence-electron chi connectivity index (χ2n) is 8.42. The minimum absolute atomic E-state index is 0.0332. The predicted octanol–water partition coefficient (Wildman–Crippen LogP) is 8.11. The molecule has 0 aliphatic rings. The van der Waals surface area contributed by atoms with Crippen LogP contribution < -0.4 is 14.1 Å². The standard InChI is InChI=1S/C26H34BF2NO4/c1-3-4-5-6-7-8-9-10-11-12-17-32-21-13-15-22(24(19-21)34-27(28)29)26-30-23-16-14-20(31-2)18-25(23)33-26/h13-16,18-19H,3-12,17H2,1-2H3. The molecule has 0 aliphatic heterocycles. The number of methoxy groups -OCH3 is 1. The molecule has 0 spiro atoms. The van der Waals surface area contributed by atoms with E-state index in [1.807, 2.05) is 0 Å². The average Bonchev–Trinajstić information content (AvgIpc) is 3.25. The van der Waals surface area contributed by atoms with E-state index in [4.69, 9.17) is 18.5 Å². The lowest BCUT2D eigenvalue weighted by Gasteiger charge is -2.11. The highest BCUT2D eigenvalue weighted by Crippen LogP contribution is 2.36. The first kappa shape index (κ1) is 25.9. The summed E-state index contributed by atoms with van der Waals surface area (Å²) >= 11 is 0. The molecule has 0 saturated carbocycles. The zero-order valence-corrected chi connectivity index (χ0v) is 20.2. The minimum atomic E-state index is -2.97. The van der Waals surface area contributed by atoms with Crippen LogP contribution in [0.2, 0.25) is 0 Å². The minimum Gasteiger partial charge on any atom is -0.504 e. The quantitative estimate of drug-likeness (QED) is 0.155. The Kier molecular flexibility index (Phi) is 10.5. The molecule has 8 heteroatoms. The molecule has 5 nitrogen and oxygen atoms in total. The van der Waals surface area contributed by atoms with E-state index in [2.05, 4.69) is 11.9 Å². The molecule has 0 fully saturated rings. The molecule has 1 heterocycles. The molecular weight excluding hydrogens is 439 g/mol. The van der Waals surface area contributed by atoms with Gasteiger partial charge in [-0.1, -0.05) is 64.7 Å². The lowest BCUT2D eigenvalue weighted by Crippen LogP contribution is -2.09. The van der Waals surface area contributed by atoms with Crippen molar-refractivity contribution in [2.24, 2.45) is 0 Å². The number of rotatable bonds is 16. The number of nitrogens with zero attached hydrogens (tertiary/aromatic N) is 1. The van der Waals surface area contributed by atoms with E-state index in [9.17, 15) is 8.63 Å². The maximum atomic E-state index is 13.1. The molecule has 3 rings (SSSR count). The molecule has 0 amide bonds. The van der Waals surface area contributed by atoms with E-state index in [-0.39, 0.29) is 11.6 Å². The molecular formula is C26H34BF2NO4. The zero-order valence-electron chi connectivity index (χ0n) is 20.2. The molecule has 1 aromatic heterocycles. The van der Waals surface area contributed by atoms with Gasteiger partial charge in [-0.15, -0.1) is 0 Å². The Morgan fingerprint density at radius 3 is 2.21 bits per heavy atom. The van der Waals surface area contributed by atoms with Gasteiger partial charge in [-0.25, -0.2) is 13.6 Å². The van der Waals surface area contributed by atoms with Crippen molar-refractivity contribution >= 4 is 18.6 Å². The van der Waals surface area contributed by atoms with Crippen LogP contribution in [0.3, 0.4) is 0 Å². The summed E-state index contributed by atoms with van der Waals surface area (Å²) in [6.45, 7) is 2.77. The lowest BCUT2D eigenvalue weighted by molar-refractivity contribution is 0.303. The van der Waals surface area contributed by atoms with Crippen molar-refractivity contribution in [3.63, 3.8) is 0 Å². The molecule has 3 aromatic rings. The largest absolute Gasteiger partial charge is 0.796 e. The fourth-order valence-corrected chi connectivity index (χ4v) is 3.89. The Hall–Kier alpha value is -2.77. The molecule has 0 unspecified atom stereocenters. The van der Waals surface area contributed by atoms with Gasteiger partial charge < -0.3 is 18.5 Å². The highest BCUT2D eigenvalue weighted by molar-refractivity contribution is 6.35. The summed E-state index contributed by atoms with van der Waals surface area (Å²) in [4.78, 5) is 4.40. The van der Waals surface area contributed by atoms with E-state index in [0.717, 1.165) is 12.8 Å². The van der Waals surface area contributed by atoms with Crippen molar-refractivity contribution in [1.29, 1.82) is 0 Å². The molecule has 0 atom stereocenters. The number of ether oxygens (including phenoxy) is 2. The van der Waals surface area contributed by atoms with Crippen LogP contribution in [0.25, 0.3) is 22.6 Å². The Morgan fingerprint density at radius 1 is 0.853 bits per heavy atom. The number of unbranched alkanes of at least 4 members (excludes halogenated alkanes) is 9. The topological polar surface area (TPSA) is 53.7 Å². The van der Waals surface area contributed by atoms with Crippen LogP contribution in [0, 0.1) is 0 Å². The van der Waals surface area contributed by atoms with Gasteiger partial charge in [-0.05, 0) is 30.7 Å². The van der Waals surface area contributed by atoms with Gasteiger partial charge in [0.15, 0.2) is 5.58 Å². The predicted molar refractivity (Wildman–Crippen MR) is 132 cm³/mol. The van der Waals surface area contributed by atoms with Gasteiger partial charge in [0.05, 0.1) is 19.3 Å². The number of oxazole rings is 1. The Bertz CT molecular complexity index is 1010. The number of fused-ring (bicyclic) bond motifs is 1. The van der Waals surface area contributed by atoms with E-state index in [1.165, 1.54) is 57.4 Å². The number of halogens is 2. The Morgan fingerprint density at radius 2 is 1.53 bits per heavy atom. The molecule has 0 saturated heterocycles. The van der Waals surface area contributed by atoms with Crippen molar-refractivity contribution < 1.29 is 27.2 Å². The molecule has 184 valence electrons. The highest BCUT2D eigenvalue weighted by Gasteiger charge is 2.23. The summed E-state index contributed by atoms with van der Waals surface area (Å²) in [5.41, 5.74) is 1.43. The van der Waals surface area contributed by atoms with Gasteiger partial charge in [-0.2, -0.15) is 0 Å². The number of hydrogen-bond acceptors (Lipinski definition) is 5. The van der Waals surface area contributed by atoms with Crippen LogP contribution in [0.5, 0.6) is 17.2 Å². The summed E-state index contributed by atoms with van der Waals surface area (Å²) in [6, 6.07) is 10.0. The molecule has 0 N–H and O–H groups in total. The zero-order chi connectivity index (χ0) is 24.2. The Balaban J connectivity index is 1.52. The first-order valence-corrected chi connectivity index (χ1v) is 12.3. The normalized spacial score (nSPS) is 11.1. The van der Waals surface area contributed by atoms with Crippen molar-refractivity contribution in [2.45, 2.75) is 71.1 Å². The third kappa shape index (κ3) is 7.92. The molecule has 0 radical (unpaired) electrons. The van der Waals surface area contributed by atoms with E-state index in [1.54, 1.807) is 37.4 Å². The maximum absolute atomic E-state index is 13.1. The van der Waals surface area contributed by atoms with Crippen molar-refractivity contribution in [1.82, 2.24) is 4.98 Å². The molecule has 2 aromatic carbocycles. The van der Waals surface area contributed by atoms with Gasteiger partial charge >= 0.3 is 7.47 Å². The lowest BCUT2D eigenvalue weighted by atomic mass is 10.1. The smallest absolute Gasteiger partial charge is 0.504 e. The number of aromatic nitrogens is 1. The fourth-order valence-electron chi connectivity index (χ4n) is 3.89. The second kappa shape index (κ2) is 13.8. The summed E-state index contributed by atoms with van der Waals surface area (Å²) in [6.07, 6.45) is 12.4. The van der Waals surface area contributed by atoms with E-state index < -0.39 is 7.47 Å². The average molecular weight is 473 g/mol. The fraction of sp³-hybridized carbons (Fsp3) is 0.500. The van der Waals surface area contributed by atoms with Gasteiger partial charge in [0.1, 0.15) is 22.8 Å². The Labute approximate surface area is 201 Å². The van der Waals surface area contributed by atoms with Crippen LogP contribution in [0.15, 0.2) is 40.8 Å². The summed E-state index contributed by atoms with van der Waals surface area (Å²) in [5.74, 6) is 1.26. The van der Waals surface area contributed by atoms with E-state index in [0.29, 0.717) is 34.8 Å². The van der Waals surface area contributed by atoms with Crippen LogP contribution in [-0.2, 0) is 0 Å². The van der Waals surface area contributed by atoms with Crippen molar-refractivity contribution in [2.75, 3.05) is 13.7 Å². The summed E-state index contributed by atoms with van der Waals surface area (Å²) in [5, 5.41) is 0. The van der Waals surface area contributed by atoms with Crippen LogP contribution in [0.4, 0.5) is 8.63 Å². The van der Waals surface area contributed by atoms with E-state index >= 15 is 0 Å².